The molecule has 1 N–H and O–H groups in total. The van der Waals surface area contributed by atoms with E-state index in [0.29, 0.717) is 24.7 Å². The van der Waals surface area contributed by atoms with Crippen molar-refractivity contribution in [3.05, 3.63) is 48.3 Å². The van der Waals surface area contributed by atoms with Crippen molar-refractivity contribution in [2.45, 2.75) is 50.7 Å². The number of hydrogen-bond acceptors (Lipinski definition) is 3. The van der Waals surface area contributed by atoms with Crippen molar-refractivity contribution in [3.8, 4) is 11.4 Å². The lowest BCUT2D eigenvalue weighted by molar-refractivity contribution is 0.0475. The normalized spacial score (nSPS) is 20.9. The van der Waals surface area contributed by atoms with Gasteiger partial charge in [0.1, 0.15) is 5.69 Å². The SMILES string of the molecule is O=C(c1cc(-c2ccn(C3CCCC3)n2)n2ccccc12)N1CCC[C@H](O)C1. The lowest BCUT2D eigenvalue weighted by Crippen LogP contribution is -2.42. The van der Waals surface area contributed by atoms with Gasteiger partial charge in [-0.15, -0.1) is 0 Å². The molecule has 4 heterocycles. The van der Waals surface area contributed by atoms with Crippen LogP contribution >= 0.6 is 0 Å². The summed E-state index contributed by atoms with van der Waals surface area (Å²) in [6, 6.07) is 10.4. The Morgan fingerprint density at radius 1 is 1.07 bits per heavy atom. The molecule has 28 heavy (non-hydrogen) atoms. The third-order valence-corrected chi connectivity index (χ3v) is 6.16. The molecular formula is C22H26N4O2. The third-order valence-electron chi connectivity index (χ3n) is 6.16. The molecule has 1 atom stereocenters. The van der Waals surface area contributed by atoms with Gasteiger partial charge in [0, 0.05) is 25.5 Å². The summed E-state index contributed by atoms with van der Waals surface area (Å²) in [6.45, 7) is 1.11. The first-order valence-electron chi connectivity index (χ1n) is 10.3. The molecule has 146 valence electrons. The molecule has 3 aromatic heterocycles. The Hall–Kier alpha value is -2.60. The Morgan fingerprint density at radius 3 is 2.75 bits per heavy atom. The van der Waals surface area contributed by atoms with Crippen LogP contribution in [0.25, 0.3) is 16.9 Å². The molecule has 1 aliphatic carbocycles. The highest BCUT2D eigenvalue weighted by molar-refractivity contribution is 6.02. The Labute approximate surface area is 164 Å². The van der Waals surface area contributed by atoms with E-state index in [1.54, 1.807) is 4.90 Å². The summed E-state index contributed by atoms with van der Waals surface area (Å²) in [4.78, 5) is 15.0. The molecule has 6 heteroatoms. The molecule has 0 aromatic carbocycles. The second kappa shape index (κ2) is 7.09. The number of carbonyl (C=O) groups excluding carboxylic acids is 1. The van der Waals surface area contributed by atoms with Gasteiger partial charge >= 0.3 is 0 Å². The summed E-state index contributed by atoms with van der Waals surface area (Å²) in [5, 5.41) is 14.8. The predicted molar refractivity (Wildman–Crippen MR) is 107 cm³/mol. The maximum absolute atomic E-state index is 13.2. The minimum absolute atomic E-state index is 0.0103. The van der Waals surface area contributed by atoms with Gasteiger partial charge in [-0.05, 0) is 49.9 Å². The summed E-state index contributed by atoms with van der Waals surface area (Å²) in [5.74, 6) is -0.0103. The fraction of sp³-hybridized carbons (Fsp3) is 0.455. The van der Waals surface area contributed by atoms with E-state index in [2.05, 4.69) is 15.3 Å². The first-order valence-corrected chi connectivity index (χ1v) is 10.3. The van der Waals surface area contributed by atoms with Crippen LogP contribution in [0.15, 0.2) is 42.7 Å². The zero-order chi connectivity index (χ0) is 19.1. The summed E-state index contributed by atoms with van der Waals surface area (Å²) in [6.07, 6.45) is 10.2. The van der Waals surface area contributed by atoms with Crippen molar-refractivity contribution in [2.24, 2.45) is 0 Å². The van der Waals surface area contributed by atoms with Crippen LogP contribution in [0.3, 0.4) is 0 Å². The van der Waals surface area contributed by atoms with Gasteiger partial charge in [-0.1, -0.05) is 18.9 Å². The van der Waals surface area contributed by atoms with E-state index in [9.17, 15) is 9.90 Å². The highest BCUT2D eigenvalue weighted by Crippen LogP contribution is 2.31. The Kier molecular flexibility index (Phi) is 4.43. The van der Waals surface area contributed by atoms with E-state index in [0.717, 1.165) is 29.7 Å². The van der Waals surface area contributed by atoms with Crippen LogP contribution in [0.2, 0.25) is 0 Å². The van der Waals surface area contributed by atoms with Crippen LogP contribution in [-0.4, -0.2) is 49.3 Å². The number of likely N-dealkylation sites (tertiary alicyclic amines) is 1. The zero-order valence-corrected chi connectivity index (χ0v) is 16.0. The van der Waals surface area contributed by atoms with Gasteiger partial charge in [0.15, 0.2) is 0 Å². The van der Waals surface area contributed by atoms with Crippen LogP contribution in [0.4, 0.5) is 0 Å². The molecule has 3 aromatic rings. The lowest BCUT2D eigenvalue weighted by Gasteiger charge is -2.30. The number of nitrogens with zero attached hydrogens (tertiary/aromatic N) is 4. The number of hydrogen-bond donors (Lipinski definition) is 1. The summed E-state index contributed by atoms with van der Waals surface area (Å²) < 4.78 is 4.14. The number of carbonyl (C=O) groups is 1. The minimum Gasteiger partial charge on any atom is -0.391 e. The molecule has 0 spiro atoms. The topological polar surface area (TPSA) is 62.8 Å². The van der Waals surface area contributed by atoms with Crippen LogP contribution in [-0.2, 0) is 0 Å². The van der Waals surface area contributed by atoms with Crippen molar-refractivity contribution in [2.75, 3.05) is 13.1 Å². The van der Waals surface area contributed by atoms with Gasteiger partial charge < -0.3 is 14.4 Å². The molecular weight excluding hydrogens is 352 g/mol. The number of aromatic nitrogens is 3. The predicted octanol–water partition coefficient (Wildman–Crippen LogP) is 3.51. The fourth-order valence-corrected chi connectivity index (χ4v) is 4.68. The van der Waals surface area contributed by atoms with Crippen LogP contribution < -0.4 is 0 Å². The summed E-state index contributed by atoms with van der Waals surface area (Å²) >= 11 is 0. The third kappa shape index (κ3) is 3.02. The number of aliphatic hydroxyl groups excluding tert-OH is 1. The average Bonchev–Trinajstić information content (AvgIpc) is 3.45. The molecule has 5 rings (SSSR count). The van der Waals surface area contributed by atoms with Gasteiger partial charge in [0.25, 0.3) is 5.91 Å². The van der Waals surface area contributed by atoms with Crippen LogP contribution in [0, 0.1) is 0 Å². The minimum atomic E-state index is -0.423. The van der Waals surface area contributed by atoms with E-state index >= 15 is 0 Å². The van der Waals surface area contributed by atoms with Gasteiger partial charge in [-0.3, -0.25) is 9.48 Å². The first kappa shape index (κ1) is 17.5. The fourth-order valence-electron chi connectivity index (χ4n) is 4.68. The van der Waals surface area contributed by atoms with E-state index in [-0.39, 0.29) is 5.91 Å². The monoisotopic (exact) mass is 378 g/mol. The number of fused-ring (bicyclic) bond motifs is 1. The van der Waals surface area contributed by atoms with Gasteiger partial charge in [-0.2, -0.15) is 5.10 Å². The smallest absolute Gasteiger partial charge is 0.256 e. The molecule has 0 bridgehead atoms. The van der Waals surface area contributed by atoms with E-state index in [1.807, 2.05) is 36.5 Å². The van der Waals surface area contributed by atoms with E-state index < -0.39 is 6.10 Å². The Morgan fingerprint density at radius 2 is 1.93 bits per heavy atom. The van der Waals surface area contributed by atoms with Crippen molar-refractivity contribution >= 4 is 11.4 Å². The van der Waals surface area contributed by atoms with E-state index in [4.69, 9.17) is 5.10 Å². The summed E-state index contributed by atoms with van der Waals surface area (Å²) in [5.41, 5.74) is 3.40. The maximum atomic E-state index is 13.2. The average molecular weight is 378 g/mol. The van der Waals surface area contributed by atoms with Gasteiger partial charge in [-0.25, -0.2) is 0 Å². The number of aliphatic hydroxyl groups is 1. The molecule has 1 saturated carbocycles. The molecule has 0 radical (unpaired) electrons. The number of piperidine rings is 1. The number of amides is 1. The molecule has 1 amide bonds. The van der Waals surface area contributed by atoms with Crippen LogP contribution in [0.1, 0.15) is 54.9 Å². The lowest BCUT2D eigenvalue weighted by atomic mass is 10.1. The number of pyridine rings is 1. The van der Waals surface area contributed by atoms with Crippen molar-refractivity contribution < 1.29 is 9.90 Å². The maximum Gasteiger partial charge on any atom is 0.256 e. The molecule has 2 fully saturated rings. The van der Waals surface area contributed by atoms with E-state index in [1.165, 1.54) is 25.7 Å². The zero-order valence-electron chi connectivity index (χ0n) is 16.0. The number of rotatable bonds is 3. The largest absolute Gasteiger partial charge is 0.391 e. The van der Waals surface area contributed by atoms with Crippen molar-refractivity contribution in [3.63, 3.8) is 0 Å². The van der Waals surface area contributed by atoms with Crippen molar-refractivity contribution in [1.82, 2.24) is 19.1 Å². The standard InChI is InChI=1S/C22H26N4O2/c27-17-8-5-11-24(15-17)22(28)18-14-21(25-12-4-3-9-20(18)25)19-10-13-26(23-19)16-6-1-2-7-16/h3-4,9-10,12-14,16-17,27H,1-2,5-8,11,15H2/t17-/m0/s1. The Bertz CT molecular complexity index is 999. The molecule has 2 aliphatic rings. The van der Waals surface area contributed by atoms with Gasteiger partial charge in [0.05, 0.1) is 28.9 Å². The molecule has 1 aliphatic heterocycles. The summed E-state index contributed by atoms with van der Waals surface area (Å²) in [7, 11) is 0. The van der Waals surface area contributed by atoms with Crippen molar-refractivity contribution in [1.29, 1.82) is 0 Å². The molecule has 6 nitrogen and oxygen atoms in total. The van der Waals surface area contributed by atoms with Gasteiger partial charge in [0.2, 0.25) is 0 Å². The first-order chi connectivity index (χ1) is 13.7. The molecule has 1 saturated heterocycles. The second-order valence-electron chi connectivity index (χ2n) is 8.07. The number of β-amino-alcohol motifs (C(OH)–C–C–N with tert-alkyl or cyclic N) is 1. The Balaban J connectivity index is 1.53. The molecule has 0 unspecified atom stereocenters. The van der Waals surface area contributed by atoms with Crippen LogP contribution in [0.5, 0.6) is 0 Å². The second-order valence-corrected chi connectivity index (χ2v) is 8.07. The quantitative estimate of drug-likeness (QED) is 0.759. The highest BCUT2D eigenvalue weighted by Gasteiger charge is 2.26. The highest BCUT2D eigenvalue weighted by atomic mass is 16.3.